The molecular formula is C125H102Ir4N8-8. The Balaban J connectivity index is 0.000000162. The van der Waals surface area contributed by atoms with E-state index in [2.05, 4.69) is 309 Å². The van der Waals surface area contributed by atoms with Crippen molar-refractivity contribution in [1.29, 1.82) is 0 Å². The molecule has 0 unspecified atom stereocenters. The van der Waals surface area contributed by atoms with E-state index < -0.39 is 0 Å². The van der Waals surface area contributed by atoms with Gasteiger partial charge in [0, 0.05) is 124 Å². The summed E-state index contributed by atoms with van der Waals surface area (Å²) in [5.74, 6) is 0. The van der Waals surface area contributed by atoms with Crippen molar-refractivity contribution in [1.82, 2.24) is 39.9 Å². The molecule has 0 N–H and O–H groups in total. The number of para-hydroxylation sites is 1. The molecule has 4 radical (unpaired) electrons. The third kappa shape index (κ3) is 32.2. The van der Waals surface area contributed by atoms with Gasteiger partial charge in [0.05, 0.1) is 5.52 Å². The van der Waals surface area contributed by atoms with Crippen LogP contribution in [0.15, 0.2) is 419 Å². The fourth-order valence-corrected chi connectivity index (χ4v) is 14.9. The topological polar surface area (TPSA) is 103 Å². The quantitative estimate of drug-likeness (QED) is 0.118. The molecule has 12 heteroatoms. The van der Waals surface area contributed by atoms with Crippen LogP contribution in [0.1, 0.15) is 61.2 Å². The van der Waals surface area contributed by atoms with Crippen LogP contribution in [-0.2, 0) is 80.4 Å². The van der Waals surface area contributed by atoms with E-state index in [0.717, 1.165) is 95.6 Å². The Morgan fingerprint density at radius 3 is 0.934 bits per heavy atom. The second-order valence-electron chi connectivity index (χ2n) is 32.6. The summed E-state index contributed by atoms with van der Waals surface area (Å²) in [4.78, 5) is 35.2. The van der Waals surface area contributed by atoms with Crippen molar-refractivity contribution in [2.24, 2.45) is 0 Å². The molecule has 0 bridgehead atoms. The average molecular weight is 2490 g/mol. The smallest absolute Gasteiger partial charge is 0.0595 e. The molecule has 0 aliphatic carbocycles. The first-order chi connectivity index (χ1) is 64.9. The van der Waals surface area contributed by atoms with E-state index in [-0.39, 0.29) is 80.4 Å². The van der Waals surface area contributed by atoms with E-state index in [4.69, 9.17) is 0 Å². The van der Waals surface area contributed by atoms with Crippen LogP contribution in [0.3, 0.4) is 0 Å². The van der Waals surface area contributed by atoms with Gasteiger partial charge in [-0.3, -0.25) is 4.98 Å². The zero-order valence-electron chi connectivity index (χ0n) is 78.2. The van der Waals surface area contributed by atoms with Crippen molar-refractivity contribution in [3.63, 3.8) is 0 Å². The second kappa shape index (κ2) is 54.1. The average Bonchev–Trinajstić information content (AvgIpc) is 0.831. The number of nitrogens with zero attached hydrogens (tertiary/aromatic N) is 8. The van der Waals surface area contributed by atoms with Crippen LogP contribution in [-0.4, -0.2) is 39.9 Å². The van der Waals surface area contributed by atoms with Gasteiger partial charge in [0.2, 0.25) is 0 Å². The van der Waals surface area contributed by atoms with Gasteiger partial charge in [-0.1, -0.05) is 243 Å². The molecule has 0 aliphatic rings. The molecule has 0 aliphatic heterocycles. The van der Waals surface area contributed by atoms with Crippen molar-refractivity contribution in [2.75, 3.05) is 0 Å². The summed E-state index contributed by atoms with van der Waals surface area (Å²) in [6.45, 7) is 23.1. The Morgan fingerprint density at radius 2 is 0.511 bits per heavy atom. The largest absolute Gasteiger partial charge is 0.305 e. The molecule has 8 heterocycles. The number of fused-ring (bicyclic) bond motifs is 2. The van der Waals surface area contributed by atoms with Crippen LogP contribution in [0.4, 0.5) is 0 Å². The number of hydrogen-bond donors (Lipinski definition) is 0. The Labute approximate surface area is 863 Å². The van der Waals surface area contributed by atoms with Crippen molar-refractivity contribution >= 4 is 21.7 Å². The monoisotopic (exact) mass is 2490 g/mol. The van der Waals surface area contributed by atoms with E-state index in [1.807, 2.05) is 262 Å². The van der Waals surface area contributed by atoms with Gasteiger partial charge in [0.1, 0.15) is 0 Å². The van der Waals surface area contributed by atoms with Gasteiger partial charge >= 0.3 is 0 Å². The number of benzene rings is 13. The van der Waals surface area contributed by atoms with Crippen LogP contribution >= 0.6 is 0 Å². The van der Waals surface area contributed by atoms with E-state index in [1.54, 1.807) is 12.4 Å². The molecule has 8 nitrogen and oxygen atoms in total. The molecule has 13 aromatic carbocycles. The van der Waals surface area contributed by atoms with Gasteiger partial charge in [-0.2, -0.15) is 0 Å². The Hall–Kier alpha value is -13.8. The molecule has 137 heavy (non-hydrogen) atoms. The molecule has 21 aromatic rings. The normalized spacial score (nSPS) is 10.1. The summed E-state index contributed by atoms with van der Waals surface area (Å²) in [5, 5.41) is 3.56. The minimum atomic E-state index is 0. The van der Waals surface area contributed by atoms with Crippen molar-refractivity contribution < 1.29 is 80.4 Å². The first-order valence-electron chi connectivity index (χ1n) is 44.3. The number of pyridine rings is 8. The third-order valence-electron chi connectivity index (χ3n) is 21.3. The standard InChI is InChI=1S/3C19H16N.2C16H12N.3C12H10N.4Ir/c2*1-14-10-15(2)12-18(11-14)16-6-5-7-17(13-16)19-8-3-4-9-20-19;1-14-10-15(2)12-18(11-14)17-8-9-20-19(13-17)16-6-4-3-5-7-16;1-12-5-4-7-14(11-12)16-10-9-13-6-2-3-8-15(13)17-16;1-12-5-4-8-14(9-12)16-10-13-6-2-3-7-15(13)11-17-16;1-10-5-4-6-11(9-10)12-7-2-3-8-13-12;1-10-5-7-11(8-6-10)12-4-2-3-9-13-12;1-10-7-8-12(13-9-10)11-5-3-2-4-6-11;;;;/h3*3-6,8-13H,1-2H3;2-6,8-11H,1H3;2-7,9-11H,1H3;2-5,7-9H,1H3;2-7,9H,1H3;2-5,7-9H,1H3;;;;/q8*-1;;;;. The van der Waals surface area contributed by atoms with E-state index >= 15 is 0 Å². The van der Waals surface area contributed by atoms with Crippen molar-refractivity contribution in [2.45, 2.75) is 76.2 Å². The Bertz CT molecular complexity index is 6730. The number of aryl methyl sites for hydroxylation is 11. The predicted molar refractivity (Wildman–Crippen MR) is 551 cm³/mol. The summed E-state index contributed by atoms with van der Waals surface area (Å²) in [7, 11) is 0. The minimum absolute atomic E-state index is 0. The SMILES string of the molecule is Cc1c[c-]c(-c2ccccn2)cc1.Cc1cc(C)cc(-c2cc[c-]c(-c3ccccn3)c2)c1.Cc1cc(C)cc(-c2cc[c-]c(-c3ccccn3)c2)c1.Cc1cc(C)cc(-c2ccnc(-c3[c-]cccc3)c2)c1.Cc1cc[c-]c(-c2cc3ccccc3cn2)c1.Cc1cc[c-]c(-c2ccc3ccccc3n2)c1.Cc1cc[c-]c(-c2ccccn2)c1.Cc1ccc(-c2[c-]cccc2)nc1.[Ir].[Ir].[Ir].[Ir]. The van der Waals surface area contributed by atoms with Gasteiger partial charge in [-0.15, -0.1) is 284 Å². The molecule has 0 amide bonds. The second-order valence-corrected chi connectivity index (χ2v) is 32.6. The zero-order valence-corrected chi connectivity index (χ0v) is 87.8. The third-order valence-corrected chi connectivity index (χ3v) is 21.3. The molecular weight excluding hydrogens is 2380 g/mol. The maximum absolute atomic E-state index is 4.66. The number of hydrogen-bond acceptors (Lipinski definition) is 8. The van der Waals surface area contributed by atoms with Crippen molar-refractivity contribution in [3.05, 3.63) is 529 Å². The molecule has 686 valence electrons. The fourth-order valence-electron chi connectivity index (χ4n) is 14.9. The maximum atomic E-state index is 4.66. The van der Waals surface area contributed by atoms with Gasteiger partial charge in [-0.25, -0.2) is 0 Å². The number of rotatable bonds is 11. The van der Waals surface area contributed by atoms with Crippen LogP contribution in [0, 0.1) is 125 Å². The van der Waals surface area contributed by atoms with E-state index in [9.17, 15) is 0 Å². The van der Waals surface area contributed by atoms with Gasteiger partial charge < -0.3 is 34.9 Å². The summed E-state index contributed by atoms with van der Waals surface area (Å²) in [6.07, 6.45) is 12.9. The Kier molecular flexibility index (Phi) is 41.5. The predicted octanol–water partition coefficient (Wildman–Crippen LogP) is 31.1. The first kappa shape index (κ1) is 105. The zero-order chi connectivity index (χ0) is 92.5. The van der Waals surface area contributed by atoms with Crippen LogP contribution < -0.4 is 0 Å². The molecule has 0 fully saturated rings. The molecule has 0 saturated carbocycles. The first-order valence-corrected chi connectivity index (χ1v) is 44.3. The molecule has 21 rings (SSSR count). The summed E-state index contributed by atoms with van der Waals surface area (Å²) in [6, 6.07) is 153. The Morgan fingerprint density at radius 1 is 0.168 bits per heavy atom. The van der Waals surface area contributed by atoms with Crippen LogP contribution in [0.2, 0.25) is 0 Å². The van der Waals surface area contributed by atoms with Gasteiger partial charge in [0.25, 0.3) is 0 Å². The molecule has 0 atom stereocenters. The summed E-state index contributed by atoms with van der Waals surface area (Å²) >= 11 is 0. The van der Waals surface area contributed by atoms with Gasteiger partial charge in [0.15, 0.2) is 0 Å². The van der Waals surface area contributed by atoms with Crippen LogP contribution in [0.25, 0.3) is 145 Å². The maximum Gasteiger partial charge on any atom is 0.0595 e. The van der Waals surface area contributed by atoms with Crippen LogP contribution in [0.5, 0.6) is 0 Å². The molecule has 0 saturated heterocycles. The molecule has 0 spiro atoms. The van der Waals surface area contributed by atoms with Gasteiger partial charge in [-0.05, 0) is 174 Å². The van der Waals surface area contributed by atoms with Crippen molar-refractivity contribution in [3.8, 4) is 123 Å². The number of aromatic nitrogens is 8. The summed E-state index contributed by atoms with van der Waals surface area (Å²) < 4.78 is 0. The minimum Gasteiger partial charge on any atom is -0.305 e. The van der Waals surface area contributed by atoms with E-state index in [0.29, 0.717) is 0 Å². The summed E-state index contributed by atoms with van der Waals surface area (Å²) in [5.41, 5.74) is 38.3. The van der Waals surface area contributed by atoms with E-state index in [1.165, 1.54) is 111 Å². The molecule has 8 aromatic heterocycles. The fraction of sp³-hybridized carbons (Fsp3) is 0.0880.